The third-order valence-corrected chi connectivity index (χ3v) is 4.54. The maximum Gasteiger partial charge on any atom is 0.181 e. The fraction of sp³-hybridized carbons (Fsp3) is 0.615. The standard InChI is InChI=1S/C13H19N5S/c1-2-5-14-10(9-3-4-9)6-19-13-11-12(16-7-15-11)17-8-18-13/h7-10,14H,2-6H2,1H3,(H,15,16,17,18). The lowest BCUT2D eigenvalue weighted by atomic mass is 10.2. The molecule has 0 aromatic carbocycles. The topological polar surface area (TPSA) is 66.5 Å². The van der Waals surface area contributed by atoms with Crippen LogP contribution in [0.2, 0.25) is 0 Å². The average molecular weight is 277 g/mol. The quantitative estimate of drug-likeness (QED) is 0.600. The zero-order chi connectivity index (χ0) is 13.1. The lowest BCUT2D eigenvalue weighted by molar-refractivity contribution is 0.503. The Morgan fingerprint density at radius 3 is 3.11 bits per heavy atom. The van der Waals surface area contributed by atoms with Crippen molar-refractivity contribution in [3.05, 3.63) is 12.7 Å². The summed E-state index contributed by atoms with van der Waals surface area (Å²) in [6.45, 7) is 3.31. The van der Waals surface area contributed by atoms with E-state index in [1.807, 2.05) is 0 Å². The Labute approximate surface area is 117 Å². The van der Waals surface area contributed by atoms with Crippen molar-refractivity contribution in [3.63, 3.8) is 0 Å². The van der Waals surface area contributed by atoms with Crippen molar-refractivity contribution >= 4 is 22.9 Å². The Morgan fingerprint density at radius 1 is 1.42 bits per heavy atom. The van der Waals surface area contributed by atoms with E-state index in [0.29, 0.717) is 6.04 Å². The highest BCUT2D eigenvalue weighted by atomic mass is 32.2. The highest BCUT2D eigenvalue weighted by Crippen LogP contribution is 2.35. The molecule has 0 radical (unpaired) electrons. The van der Waals surface area contributed by atoms with Crippen molar-refractivity contribution in [2.45, 2.75) is 37.3 Å². The summed E-state index contributed by atoms with van der Waals surface area (Å²) >= 11 is 1.80. The van der Waals surface area contributed by atoms with Crippen LogP contribution in [0.3, 0.4) is 0 Å². The van der Waals surface area contributed by atoms with Gasteiger partial charge in [0.15, 0.2) is 5.65 Å². The molecule has 1 atom stereocenters. The number of aromatic nitrogens is 4. The van der Waals surface area contributed by atoms with Crippen LogP contribution in [0.15, 0.2) is 17.7 Å². The first kappa shape index (κ1) is 12.9. The molecule has 1 unspecified atom stereocenters. The summed E-state index contributed by atoms with van der Waals surface area (Å²) in [4.78, 5) is 15.8. The minimum atomic E-state index is 0.609. The largest absolute Gasteiger partial charge is 0.341 e. The molecule has 2 heterocycles. The van der Waals surface area contributed by atoms with E-state index in [-0.39, 0.29) is 0 Å². The SMILES string of the molecule is CCCNC(CSc1ncnc2nc[nH]c12)C1CC1. The molecule has 5 nitrogen and oxygen atoms in total. The molecule has 1 saturated carbocycles. The first-order valence-electron chi connectivity index (χ1n) is 6.88. The number of thioether (sulfide) groups is 1. The highest BCUT2D eigenvalue weighted by molar-refractivity contribution is 7.99. The van der Waals surface area contributed by atoms with Gasteiger partial charge in [0.25, 0.3) is 0 Å². The number of H-pyrrole nitrogens is 1. The van der Waals surface area contributed by atoms with E-state index >= 15 is 0 Å². The minimum Gasteiger partial charge on any atom is -0.341 e. The Balaban J connectivity index is 1.65. The summed E-state index contributed by atoms with van der Waals surface area (Å²) in [5.41, 5.74) is 1.71. The predicted octanol–water partition coefficient (Wildman–Crippen LogP) is 2.22. The molecule has 1 aliphatic carbocycles. The van der Waals surface area contributed by atoms with Crippen LogP contribution >= 0.6 is 11.8 Å². The van der Waals surface area contributed by atoms with Gasteiger partial charge in [-0.05, 0) is 31.7 Å². The summed E-state index contributed by atoms with van der Waals surface area (Å²) in [6.07, 6.45) is 7.19. The summed E-state index contributed by atoms with van der Waals surface area (Å²) in [6, 6.07) is 0.609. The number of imidazole rings is 1. The molecule has 19 heavy (non-hydrogen) atoms. The van der Waals surface area contributed by atoms with Crippen LogP contribution in [-0.2, 0) is 0 Å². The van der Waals surface area contributed by atoms with E-state index in [1.54, 1.807) is 24.4 Å². The number of fused-ring (bicyclic) bond motifs is 1. The van der Waals surface area contributed by atoms with Crippen molar-refractivity contribution in [2.24, 2.45) is 5.92 Å². The number of rotatable bonds is 7. The molecule has 2 aromatic heterocycles. The van der Waals surface area contributed by atoms with Gasteiger partial charge >= 0.3 is 0 Å². The summed E-state index contributed by atoms with van der Waals surface area (Å²) in [5, 5.41) is 4.66. The van der Waals surface area contributed by atoms with Crippen LogP contribution in [0.5, 0.6) is 0 Å². The van der Waals surface area contributed by atoms with Crippen molar-refractivity contribution in [1.29, 1.82) is 0 Å². The molecule has 6 heteroatoms. The normalized spacial score (nSPS) is 16.9. The van der Waals surface area contributed by atoms with Gasteiger partial charge in [-0.1, -0.05) is 6.92 Å². The van der Waals surface area contributed by atoms with E-state index in [1.165, 1.54) is 19.3 Å². The smallest absolute Gasteiger partial charge is 0.181 e. The Kier molecular flexibility index (Phi) is 3.98. The van der Waals surface area contributed by atoms with Crippen molar-refractivity contribution < 1.29 is 0 Å². The Hall–Kier alpha value is -1.14. The molecule has 0 amide bonds. The lowest BCUT2D eigenvalue weighted by Crippen LogP contribution is -2.33. The lowest BCUT2D eigenvalue weighted by Gasteiger charge is -2.17. The van der Waals surface area contributed by atoms with Crippen molar-refractivity contribution in [3.8, 4) is 0 Å². The van der Waals surface area contributed by atoms with Gasteiger partial charge < -0.3 is 10.3 Å². The predicted molar refractivity (Wildman–Crippen MR) is 77.2 cm³/mol. The Morgan fingerprint density at radius 2 is 2.32 bits per heavy atom. The molecule has 0 aliphatic heterocycles. The molecule has 0 bridgehead atoms. The first-order valence-corrected chi connectivity index (χ1v) is 7.87. The number of hydrogen-bond acceptors (Lipinski definition) is 5. The van der Waals surface area contributed by atoms with Gasteiger partial charge in [-0.2, -0.15) is 0 Å². The van der Waals surface area contributed by atoms with E-state index in [0.717, 1.165) is 34.4 Å². The highest BCUT2D eigenvalue weighted by Gasteiger charge is 2.30. The monoisotopic (exact) mass is 277 g/mol. The molecule has 0 spiro atoms. The zero-order valence-corrected chi connectivity index (χ0v) is 11.9. The van der Waals surface area contributed by atoms with Crippen LogP contribution in [0.25, 0.3) is 11.2 Å². The van der Waals surface area contributed by atoms with Gasteiger partial charge in [0, 0.05) is 11.8 Å². The van der Waals surface area contributed by atoms with Gasteiger partial charge in [-0.25, -0.2) is 15.0 Å². The van der Waals surface area contributed by atoms with Gasteiger partial charge in [-0.3, -0.25) is 0 Å². The van der Waals surface area contributed by atoms with Crippen LogP contribution in [-0.4, -0.2) is 38.3 Å². The second-order valence-corrected chi connectivity index (χ2v) is 6.00. The Bertz CT molecular complexity index is 537. The second-order valence-electron chi connectivity index (χ2n) is 4.99. The molecule has 2 aromatic rings. The minimum absolute atomic E-state index is 0.609. The van der Waals surface area contributed by atoms with Gasteiger partial charge in [0.1, 0.15) is 16.9 Å². The van der Waals surface area contributed by atoms with E-state index in [2.05, 4.69) is 32.2 Å². The first-order chi connectivity index (χ1) is 9.38. The maximum atomic E-state index is 4.36. The number of nitrogens with one attached hydrogen (secondary N) is 2. The maximum absolute atomic E-state index is 4.36. The summed E-state index contributed by atoms with van der Waals surface area (Å²) in [7, 11) is 0. The van der Waals surface area contributed by atoms with Gasteiger partial charge in [-0.15, -0.1) is 11.8 Å². The van der Waals surface area contributed by atoms with Crippen LogP contribution < -0.4 is 5.32 Å². The van der Waals surface area contributed by atoms with Crippen molar-refractivity contribution in [1.82, 2.24) is 25.3 Å². The van der Waals surface area contributed by atoms with Crippen LogP contribution in [0.1, 0.15) is 26.2 Å². The number of aromatic amines is 1. The van der Waals surface area contributed by atoms with E-state index in [9.17, 15) is 0 Å². The van der Waals surface area contributed by atoms with Crippen LogP contribution in [0.4, 0.5) is 0 Å². The second kappa shape index (κ2) is 5.88. The molecular formula is C13H19N5S. The third kappa shape index (κ3) is 3.06. The molecule has 3 rings (SSSR count). The molecule has 1 fully saturated rings. The fourth-order valence-corrected chi connectivity index (χ4v) is 3.35. The van der Waals surface area contributed by atoms with Gasteiger partial charge in [0.2, 0.25) is 0 Å². The van der Waals surface area contributed by atoms with Gasteiger partial charge in [0.05, 0.1) is 6.33 Å². The molecule has 102 valence electrons. The number of nitrogens with zero attached hydrogens (tertiary/aromatic N) is 3. The van der Waals surface area contributed by atoms with Crippen molar-refractivity contribution in [2.75, 3.05) is 12.3 Å². The van der Waals surface area contributed by atoms with E-state index in [4.69, 9.17) is 0 Å². The zero-order valence-electron chi connectivity index (χ0n) is 11.1. The molecule has 0 saturated heterocycles. The summed E-state index contributed by atoms with van der Waals surface area (Å²) < 4.78 is 0. The molecule has 2 N–H and O–H groups in total. The number of hydrogen-bond donors (Lipinski definition) is 2. The molecule has 1 aliphatic rings. The molecular weight excluding hydrogens is 258 g/mol. The fourth-order valence-electron chi connectivity index (χ4n) is 2.21. The average Bonchev–Trinajstić information content (AvgIpc) is 3.16. The van der Waals surface area contributed by atoms with E-state index < -0.39 is 0 Å². The van der Waals surface area contributed by atoms with Crippen LogP contribution in [0, 0.1) is 5.92 Å². The third-order valence-electron chi connectivity index (χ3n) is 3.44. The summed E-state index contributed by atoms with van der Waals surface area (Å²) in [5.74, 6) is 1.92.